The van der Waals surface area contributed by atoms with E-state index in [1.807, 2.05) is 26.0 Å². The molecule has 6 heteroatoms. The molecule has 1 aromatic heterocycles. The van der Waals surface area contributed by atoms with Crippen molar-refractivity contribution in [2.24, 2.45) is 0 Å². The second-order valence-electron chi connectivity index (χ2n) is 7.66. The number of aliphatic hydroxyl groups excluding tert-OH is 1. The largest absolute Gasteiger partial charge is 0.507 e. The minimum absolute atomic E-state index is 0.00537. The fraction of sp³-hybridized carbons (Fsp3) is 0.160. The highest BCUT2D eigenvalue weighted by Gasteiger charge is 2.46. The van der Waals surface area contributed by atoms with Gasteiger partial charge in [0.2, 0.25) is 0 Å². The number of amides is 1. The van der Waals surface area contributed by atoms with E-state index in [9.17, 15) is 19.1 Å². The zero-order valence-corrected chi connectivity index (χ0v) is 17.2. The molecule has 0 bridgehead atoms. The monoisotopic (exact) mass is 416 g/mol. The van der Waals surface area contributed by atoms with Gasteiger partial charge in [-0.3, -0.25) is 14.6 Å². The van der Waals surface area contributed by atoms with Crippen molar-refractivity contribution in [1.29, 1.82) is 0 Å². The summed E-state index contributed by atoms with van der Waals surface area (Å²) in [6, 6.07) is 13.8. The van der Waals surface area contributed by atoms with Crippen LogP contribution in [0.3, 0.4) is 0 Å². The van der Waals surface area contributed by atoms with Crippen LogP contribution in [0.4, 0.5) is 4.39 Å². The lowest BCUT2D eigenvalue weighted by Gasteiger charge is -2.25. The van der Waals surface area contributed by atoms with Gasteiger partial charge in [-0.15, -0.1) is 0 Å². The predicted molar refractivity (Wildman–Crippen MR) is 114 cm³/mol. The summed E-state index contributed by atoms with van der Waals surface area (Å²) in [6.07, 6.45) is 3.24. The number of rotatable bonds is 4. The number of aliphatic hydroxyl groups is 1. The number of carbonyl (C=O) groups excluding carboxylic acids is 2. The van der Waals surface area contributed by atoms with E-state index in [4.69, 9.17) is 0 Å². The third-order valence-corrected chi connectivity index (χ3v) is 5.45. The summed E-state index contributed by atoms with van der Waals surface area (Å²) < 4.78 is 13.6. The molecular weight excluding hydrogens is 395 g/mol. The Morgan fingerprint density at radius 1 is 1.10 bits per heavy atom. The molecule has 0 aliphatic carbocycles. The van der Waals surface area contributed by atoms with Crippen molar-refractivity contribution in [3.8, 4) is 0 Å². The first-order chi connectivity index (χ1) is 14.9. The van der Waals surface area contributed by atoms with Gasteiger partial charge in [-0.05, 0) is 54.8 Å². The van der Waals surface area contributed by atoms with Crippen LogP contribution >= 0.6 is 0 Å². The van der Waals surface area contributed by atoms with Gasteiger partial charge in [0, 0.05) is 24.5 Å². The Morgan fingerprint density at radius 3 is 2.52 bits per heavy atom. The van der Waals surface area contributed by atoms with Crippen molar-refractivity contribution in [2.45, 2.75) is 26.4 Å². The van der Waals surface area contributed by atoms with Gasteiger partial charge in [-0.1, -0.05) is 35.9 Å². The normalized spacial score (nSPS) is 17.9. The molecule has 1 saturated heterocycles. The van der Waals surface area contributed by atoms with Gasteiger partial charge >= 0.3 is 0 Å². The molecule has 4 rings (SSSR count). The maximum atomic E-state index is 13.6. The molecule has 1 atom stereocenters. The molecule has 31 heavy (non-hydrogen) atoms. The van der Waals surface area contributed by atoms with E-state index in [2.05, 4.69) is 4.98 Å². The van der Waals surface area contributed by atoms with Crippen LogP contribution in [0.1, 0.15) is 33.9 Å². The fourth-order valence-corrected chi connectivity index (χ4v) is 3.86. The molecule has 1 unspecified atom stereocenters. The number of ketones is 1. The minimum atomic E-state index is -0.847. The van der Waals surface area contributed by atoms with Crippen molar-refractivity contribution in [2.75, 3.05) is 0 Å². The Labute approximate surface area is 179 Å². The average molecular weight is 416 g/mol. The van der Waals surface area contributed by atoms with Crippen LogP contribution in [0.25, 0.3) is 5.76 Å². The van der Waals surface area contributed by atoms with Crippen LogP contribution < -0.4 is 0 Å². The van der Waals surface area contributed by atoms with Crippen molar-refractivity contribution in [3.05, 3.63) is 106 Å². The third-order valence-electron chi connectivity index (χ3n) is 5.45. The van der Waals surface area contributed by atoms with Gasteiger partial charge in [0.15, 0.2) is 0 Å². The predicted octanol–water partition coefficient (Wildman–Crippen LogP) is 4.46. The number of carbonyl (C=O) groups is 2. The number of nitrogens with zero attached hydrogens (tertiary/aromatic N) is 2. The molecule has 1 N–H and O–H groups in total. The lowest BCUT2D eigenvalue weighted by molar-refractivity contribution is -0.140. The molecule has 0 radical (unpaired) electrons. The van der Waals surface area contributed by atoms with Crippen LogP contribution in [-0.2, 0) is 16.1 Å². The lowest BCUT2D eigenvalue weighted by atomic mass is 9.93. The highest BCUT2D eigenvalue weighted by molar-refractivity contribution is 6.46. The zero-order chi connectivity index (χ0) is 22.1. The Hall–Kier alpha value is -3.80. The summed E-state index contributed by atoms with van der Waals surface area (Å²) in [5.41, 5.74) is 3.45. The standard InChI is InChI=1S/C25H21FN2O3/c1-15-5-6-16(2)20(12-15)23(29)21-22(18-7-9-19(26)10-8-18)28(25(31)24(21)30)14-17-4-3-11-27-13-17/h3-13,22,29H,14H2,1-2H3/b23-21+. The first-order valence-corrected chi connectivity index (χ1v) is 9.87. The van der Waals surface area contributed by atoms with Crippen LogP contribution in [0.2, 0.25) is 0 Å². The van der Waals surface area contributed by atoms with E-state index in [-0.39, 0.29) is 17.9 Å². The number of benzene rings is 2. The number of hydrogen-bond acceptors (Lipinski definition) is 4. The lowest BCUT2D eigenvalue weighted by Crippen LogP contribution is -2.29. The number of Topliss-reactive ketones (excluding diaryl/α,β-unsaturated/α-hetero) is 1. The highest BCUT2D eigenvalue weighted by atomic mass is 19.1. The molecule has 2 heterocycles. The molecular formula is C25H21FN2O3. The van der Waals surface area contributed by atoms with E-state index in [0.717, 1.165) is 16.7 Å². The van der Waals surface area contributed by atoms with Crippen molar-refractivity contribution >= 4 is 17.4 Å². The third kappa shape index (κ3) is 3.84. The molecule has 1 fully saturated rings. The second kappa shape index (κ2) is 8.14. The topological polar surface area (TPSA) is 70.5 Å². The zero-order valence-electron chi connectivity index (χ0n) is 17.2. The highest BCUT2D eigenvalue weighted by Crippen LogP contribution is 2.40. The fourth-order valence-electron chi connectivity index (χ4n) is 3.86. The van der Waals surface area contributed by atoms with Gasteiger partial charge in [-0.2, -0.15) is 0 Å². The van der Waals surface area contributed by atoms with Gasteiger partial charge in [0.1, 0.15) is 11.6 Å². The Bertz CT molecular complexity index is 1190. The van der Waals surface area contributed by atoms with Crippen LogP contribution in [-0.4, -0.2) is 26.7 Å². The van der Waals surface area contributed by atoms with Crippen LogP contribution in [0, 0.1) is 19.7 Å². The summed E-state index contributed by atoms with van der Waals surface area (Å²) in [6.45, 7) is 3.84. The number of hydrogen-bond donors (Lipinski definition) is 1. The van der Waals surface area contributed by atoms with E-state index in [1.165, 1.54) is 29.2 Å². The average Bonchev–Trinajstić information content (AvgIpc) is 3.01. The molecule has 0 saturated carbocycles. The van der Waals surface area contributed by atoms with Crippen molar-refractivity contribution in [1.82, 2.24) is 9.88 Å². The number of aryl methyl sites for hydroxylation is 2. The maximum Gasteiger partial charge on any atom is 0.295 e. The Kier molecular flexibility index (Phi) is 5.38. The van der Waals surface area contributed by atoms with E-state index in [1.54, 1.807) is 30.6 Å². The Morgan fingerprint density at radius 2 is 1.84 bits per heavy atom. The van der Waals surface area contributed by atoms with Gasteiger partial charge < -0.3 is 10.0 Å². The minimum Gasteiger partial charge on any atom is -0.507 e. The van der Waals surface area contributed by atoms with Gasteiger partial charge in [0.25, 0.3) is 11.7 Å². The van der Waals surface area contributed by atoms with Crippen LogP contribution in [0.5, 0.6) is 0 Å². The quantitative estimate of drug-likeness (QED) is 0.387. The number of likely N-dealkylation sites (tertiary alicyclic amines) is 1. The second-order valence-corrected chi connectivity index (χ2v) is 7.66. The van der Waals surface area contributed by atoms with Gasteiger partial charge in [0.05, 0.1) is 11.6 Å². The molecule has 0 spiro atoms. The molecule has 156 valence electrons. The summed E-state index contributed by atoms with van der Waals surface area (Å²) in [4.78, 5) is 31.5. The van der Waals surface area contributed by atoms with Crippen molar-refractivity contribution in [3.63, 3.8) is 0 Å². The molecule has 5 nitrogen and oxygen atoms in total. The van der Waals surface area contributed by atoms with Gasteiger partial charge in [-0.25, -0.2) is 4.39 Å². The number of aromatic nitrogens is 1. The Balaban J connectivity index is 1.90. The summed E-state index contributed by atoms with van der Waals surface area (Å²) >= 11 is 0. The van der Waals surface area contributed by atoms with E-state index in [0.29, 0.717) is 11.1 Å². The molecule has 3 aromatic rings. The first kappa shape index (κ1) is 20.5. The summed E-state index contributed by atoms with van der Waals surface area (Å²) in [5.74, 6) is -2.15. The number of pyridine rings is 1. The molecule has 1 amide bonds. The smallest absolute Gasteiger partial charge is 0.295 e. The summed E-state index contributed by atoms with van der Waals surface area (Å²) in [5, 5.41) is 11.2. The molecule has 2 aromatic carbocycles. The van der Waals surface area contributed by atoms with Crippen LogP contribution in [0.15, 0.2) is 72.6 Å². The first-order valence-electron chi connectivity index (χ1n) is 9.87. The molecule has 1 aliphatic rings. The molecule has 1 aliphatic heterocycles. The number of halogens is 1. The van der Waals surface area contributed by atoms with E-state index < -0.39 is 23.5 Å². The maximum absolute atomic E-state index is 13.6. The van der Waals surface area contributed by atoms with Crippen molar-refractivity contribution < 1.29 is 19.1 Å². The van der Waals surface area contributed by atoms with E-state index >= 15 is 0 Å². The summed E-state index contributed by atoms with van der Waals surface area (Å²) in [7, 11) is 0. The SMILES string of the molecule is Cc1ccc(C)c(/C(O)=C2\C(=O)C(=O)N(Cc3cccnc3)C2c2ccc(F)cc2)c1.